The number of piperidine rings is 2. The van der Waals surface area contributed by atoms with Crippen LogP contribution in [0, 0.1) is 17.8 Å². The van der Waals surface area contributed by atoms with E-state index in [0.717, 1.165) is 94.0 Å². The van der Waals surface area contributed by atoms with Gasteiger partial charge in [-0.2, -0.15) is 5.10 Å². The predicted octanol–water partition coefficient (Wildman–Crippen LogP) is 4.69. The Hall–Kier alpha value is -5.36. The number of benzene rings is 1. The summed E-state index contributed by atoms with van der Waals surface area (Å²) >= 11 is 0. The molecular formula is C45H57F2N11O5. The van der Waals surface area contributed by atoms with Gasteiger partial charge in [-0.1, -0.05) is 18.6 Å². The average Bonchev–Trinajstić information content (AvgIpc) is 3.96. The molecule has 4 atom stereocenters. The molecule has 3 aromatic heterocycles. The number of imide groups is 1. The number of para-hydroxylation sites is 1. The van der Waals surface area contributed by atoms with Gasteiger partial charge in [0.05, 0.1) is 29.4 Å². The number of aromatic nitrogens is 5. The summed E-state index contributed by atoms with van der Waals surface area (Å²) in [6.45, 7) is 8.44. The summed E-state index contributed by atoms with van der Waals surface area (Å²) in [4.78, 5) is 69.6. The quantitative estimate of drug-likeness (QED) is 0.203. The van der Waals surface area contributed by atoms with E-state index in [9.17, 15) is 28.0 Å². The molecule has 336 valence electrons. The van der Waals surface area contributed by atoms with Gasteiger partial charge < -0.3 is 19.9 Å². The number of carbonyl (C=O) groups is 3. The fraction of sp³-hybridized carbons (Fsp3) is 0.600. The Morgan fingerprint density at radius 2 is 1.73 bits per heavy atom. The zero-order valence-electron chi connectivity index (χ0n) is 36.2. The zero-order valence-corrected chi connectivity index (χ0v) is 36.2. The van der Waals surface area contributed by atoms with Crippen LogP contribution in [0.4, 0.5) is 14.6 Å². The van der Waals surface area contributed by atoms with Gasteiger partial charge in [0.2, 0.25) is 11.8 Å². The Morgan fingerprint density at radius 3 is 2.46 bits per heavy atom. The average molecular weight is 870 g/mol. The maximum absolute atomic E-state index is 14.3. The number of hydrogen-bond donors (Lipinski definition) is 2. The zero-order chi connectivity index (χ0) is 43.9. The molecule has 4 aliphatic heterocycles. The molecule has 5 aliphatic rings. The number of anilines is 1. The Labute approximate surface area is 364 Å². The third-order valence-corrected chi connectivity index (χ3v) is 13.9. The second kappa shape index (κ2) is 18.0. The number of imidazole rings is 1. The molecule has 0 bridgehead atoms. The molecule has 1 aromatic carbocycles. The van der Waals surface area contributed by atoms with E-state index in [-0.39, 0.29) is 47.5 Å². The van der Waals surface area contributed by atoms with Gasteiger partial charge in [-0.25, -0.2) is 28.1 Å². The molecule has 2 N–H and O–H groups in total. The number of carbonyl (C=O) groups excluding carboxylic acids is 3. The maximum atomic E-state index is 14.3. The highest BCUT2D eigenvalue weighted by molar-refractivity contribution is 6.46. The Kier molecular flexibility index (Phi) is 12.3. The van der Waals surface area contributed by atoms with Gasteiger partial charge in [-0.3, -0.25) is 33.8 Å². The minimum atomic E-state index is -2.88. The highest BCUT2D eigenvalue weighted by atomic mass is 19.3. The van der Waals surface area contributed by atoms with Crippen molar-refractivity contribution in [1.29, 1.82) is 0 Å². The summed E-state index contributed by atoms with van der Waals surface area (Å²) in [6, 6.07) is 7.04. The number of amidine groups is 1. The third-order valence-electron chi connectivity index (χ3n) is 13.9. The summed E-state index contributed by atoms with van der Waals surface area (Å²) < 4.78 is 39.2. The van der Waals surface area contributed by atoms with Gasteiger partial charge in [0, 0.05) is 45.2 Å². The van der Waals surface area contributed by atoms with Crippen molar-refractivity contribution in [3.8, 4) is 0 Å². The summed E-state index contributed by atoms with van der Waals surface area (Å²) in [6.07, 6.45) is 9.03. The Morgan fingerprint density at radius 1 is 0.968 bits per heavy atom. The van der Waals surface area contributed by atoms with Crippen molar-refractivity contribution < 1.29 is 27.9 Å². The standard InChI is InChI=1S/C45H57F2N11O5/c1-26-23-56(24-27(2)63-26)35-18-21-57-42(49-35)32(22-48-57)43(60)53-41-37(39(46)47)51-40(52-41)31-12-10-29(11-13-31)25-55-19-16-28(17-20-55)6-4-7-30-8-5-9-33-38(30)54(3)45(62)58(33)34-14-15-36(59)50-44(34)61/h5,8-9,18,21-22,26-29,31,34,39-40H,4,6-7,10-17,19-20,23-25H2,1-3H3,(H,50,59,61)(H,52,53,60)/t26-,27-,29-,31-,34?,40?/m0/s1. The van der Waals surface area contributed by atoms with Crippen LogP contribution >= 0.6 is 0 Å². The number of aryl methyl sites for hydroxylation is 2. The monoisotopic (exact) mass is 869 g/mol. The first-order valence-corrected chi connectivity index (χ1v) is 22.6. The van der Waals surface area contributed by atoms with Crippen molar-refractivity contribution in [2.45, 2.75) is 115 Å². The van der Waals surface area contributed by atoms with E-state index in [1.54, 1.807) is 22.4 Å². The number of fused-ring (bicyclic) bond motifs is 2. The minimum absolute atomic E-state index is 0.0226. The van der Waals surface area contributed by atoms with E-state index < -0.39 is 36.2 Å². The van der Waals surface area contributed by atoms with Crippen LogP contribution in [-0.4, -0.2) is 115 Å². The first-order chi connectivity index (χ1) is 30.4. The lowest BCUT2D eigenvalue weighted by Gasteiger charge is -2.37. The highest BCUT2D eigenvalue weighted by Gasteiger charge is 2.37. The van der Waals surface area contributed by atoms with Gasteiger partial charge >= 0.3 is 5.69 Å². The molecular weight excluding hydrogens is 813 g/mol. The number of ether oxygens (including phenoxy) is 1. The number of likely N-dealkylation sites (tertiary alicyclic amines) is 1. The van der Waals surface area contributed by atoms with Crippen molar-refractivity contribution in [3.05, 3.63) is 58.3 Å². The molecule has 4 fully saturated rings. The summed E-state index contributed by atoms with van der Waals surface area (Å²) in [7, 11) is 1.75. The van der Waals surface area contributed by atoms with Crippen molar-refractivity contribution in [2.24, 2.45) is 34.8 Å². The van der Waals surface area contributed by atoms with Crippen LogP contribution in [0.3, 0.4) is 0 Å². The highest BCUT2D eigenvalue weighted by Crippen LogP contribution is 2.36. The second-order valence-corrected chi connectivity index (χ2v) is 18.3. The topological polar surface area (TPSA) is 173 Å². The van der Waals surface area contributed by atoms with Crippen molar-refractivity contribution in [1.82, 2.24) is 39.3 Å². The van der Waals surface area contributed by atoms with Crippen LogP contribution in [-0.2, 0) is 27.8 Å². The molecule has 18 heteroatoms. The summed E-state index contributed by atoms with van der Waals surface area (Å²) in [5.74, 6) is 0.355. The molecule has 16 nitrogen and oxygen atoms in total. The molecule has 3 amide bonds. The van der Waals surface area contributed by atoms with Crippen LogP contribution in [0.25, 0.3) is 16.7 Å². The molecule has 7 heterocycles. The van der Waals surface area contributed by atoms with Crippen molar-refractivity contribution in [3.63, 3.8) is 0 Å². The van der Waals surface area contributed by atoms with E-state index in [0.29, 0.717) is 42.8 Å². The van der Waals surface area contributed by atoms with E-state index in [2.05, 4.69) is 41.6 Å². The Balaban J connectivity index is 0.743. The summed E-state index contributed by atoms with van der Waals surface area (Å²) in [5.41, 5.74) is 2.44. The molecule has 4 aromatic rings. The van der Waals surface area contributed by atoms with E-state index in [4.69, 9.17) is 9.72 Å². The van der Waals surface area contributed by atoms with E-state index >= 15 is 0 Å². The van der Waals surface area contributed by atoms with Crippen LogP contribution in [0.15, 0.2) is 51.4 Å². The van der Waals surface area contributed by atoms with Gasteiger partial charge in [0.25, 0.3) is 12.3 Å². The lowest BCUT2D eigenvalue weighted by atomic mass is 9.80. The fourth-order valence-electron chi connectivity index (χ4n) is 10.7. The summed E-state index contributed by atoms with van der Waals surface area (Å²) in [5, 5.41) is 9.29. The number of nitrogens with one attached hydrogen (secondary N) is 2. The number of hydrogen-bond acceptors (Lipinski definition) is 11. The van der Waals surface area contributed by atoms with E-state index in [1.807, 2.05) is 32.0 Å². The molecule has 0 spiro atoms. The van der Waals surface area contributed by atoms with Gasteiger partial charge in [0.15, 0.2) is 11.5 Å². The molecule has 3 saturated heterocycles. The molecule has 9 rings (SSSR count). The number of amides is 3. The smallest absolute Gasteiger partial charge is 0.329 e. The van der Waals surface area contributed by atoms with E-state index in [1.165, 1.54) is 10.7 Å². The van der Waals surface area contributed by atoms with Crippen LogP contribution in [0.5, 0.6) is 0 Å². The molecule has 1 saturated carbocycles. The lowest BCUT2D eigenvalue weighted by molar-refractivity contribution is -0.135. The molecule has 63 heavy (non-hydrogen) atoms. The number of morpholine rings is 1. The van der Waals surface area contributed by atoms with Crippen LogP contribution in [0.2, 0.25) is 0 Å². The number of alkyl halides is 2. The molecule has 2 unspecified atom stereocenters. The van der Waals surface area contributed by atoms with Gasteiger partial charge in [0.1, 0.15) is 29.3 Å². The number of nitrogens with zero attached hydrogens (tertiary/aromatic N) is 9. The van der Waals surface area contributed by atoms with Gasteiger partial charge in [-0.05, 0) is 114 Å². The van der Waals surface area contributed by atoms with Crippen LogP contribution in [0.1, 0.15) is 100 Å². The fourth-order valence-corrected chi connectivity index (χ4v) is 10.7. The first-order valence-electron chi connectivity index (χ1n) is 22.6. The van der Waals surface area contributed by atoms with Crippen molar-refractivity contribution in [2.75, 3.05) is 37.6 Å². The minimum Gasteiger partial charge on any atom is -0.372 e. The Bertz CT molecular complexity index is 2490. The lowest BCUT2D eigenvalue weighted by Crippen LogP contribution is -2.45. The molecule has 0 radical (unpaired) electrons. The largest absolute Gasteiger partial charge is 0.372 e. The van der Waals surface area contributed by atoms with Crippen molar-refractivity contribution >= 4 is 51.8 Å². The SMILES string of the molecule is C[C@H]1CN(c2ccn3ncc(C(=O)NC4=NC([C@H]5CC[C@H](CN6CCC(CCCc7cccc8c7n(C)c(=O)n8C7CCC(=O)NC7=O)CC6)CC5)N=C4C(F)F)c3n2)C[C@H](C)O1. The number of rotatable bonds is 11. The number of halogens is 2. The third kappa shape index (κ3) is 8.93. The second-order valence-electron chi connectivity index (χ2n) is 18.3. The number of aliphatic imine (C=N–C) groups is 2. The molecule has 1 aliphatic carbocycles. The van der Waals surface area contributed by atoms with Crippen LogP contribution < -0.4 is 21.2 Å². The normalized spacial score (nSPS) is 26.4. The maximum Gasteiger partial charge on any atom is 0.329 e. The van der Waals surface area contributed by atoms with Gasteiger partial charge in [-0.15, -0.1) is 0 Å². The first kappa shape index (κ1) is 42.9. The predicted molar refractivity (Wildman–Crippen MR) is 233 cm³/mol.